The summed E-state index contributed by atoms with van der Waals surface area (Å²) in [6.07, 6.45) is 0. The smallest absolute Gasteiger partial charge is 0.131 e. The maximum atomic E-state index is 6.40. The zero-order valence-corrected chi connectivity index (χ0v) is 5.37. The number of nitrogens with one attached hydrogen (secondary N) is 1. The van der Waals surface area contributed by atoms with Gasteiger partial charge in [-0.2, -0.15) is 5.11 Å². The lowest BCUT2D eigenvalue weighted by atomic mass is 10.4. The van der Waals surface area contributed by atoms with Crippen molar-refractivity contribution in [1.29, 1.82) is 5.53 Å². The monoisotopic (exact) mass is 140 g/mol. The molecule has 0 amide bonds. The Morgan fingerprint density at radius 1 is 1.57 bits per heavy atom. The Balaban J connectivity index is 3.33. The van der Waals surface area contributed by atoms with Crippen molar-refractivity contribution in [2.75, 3.05) is 0 Å². The Morgan fingerprint density at radius 2 is 2.00 bits per heavy atom. The van der Waals surface area contributed by atoms with Crippen molar-refractivity contribution in [1.82, 2.24) is 0 Å². The Hall–Kier alpha value is 0.180. The van der Waals surface area contributed by atoms with Crippen molar-refractivity contribution in [3.63, 3.8) is 0 Å². The van der Waals surface area contributed by atoms with Crippen molar-refractivity contribution in [3.05, 3.63) is 0 Å². The van der Waals surface area contributed by atoms with E-state index in [1.165, 1.54) is 0 Å². The van der Waals surface area contributed by atoms with Gasteiger partial charge in [0.05, 0.1) is 6.04 Å². The van der Waals surface area contributed by atoms with Crippen LogP contribution in [0.25, 0.3) is 0 Å². The molecule has 0 saturated heterocycles. The van der Waals surface area contributed by atoms with Crippen molar-refractivity contribution >= 4 is 23.2 Å². The van der Waals surface area contributed by atoms with Gasteiger partial charge in [-0.25, -0.2) is 5.53 Å². The quantitative estimate of drug-likeness (QED) is 0.452. The fraction of sp³-hybridized carbons (Fsp3) is 1.00. The molecule has 42 valence electrons. The number of rotatable bonds is 2. The third-order valence-corrected chi connectivity index (χ3v) is 1.30. The van der Waals surface area contributed by atoms with Crippen molar-refractivity contribution in [2.24, 2.45) is 5.11 Å². The third-order valence-electron chi connectivity index (χ3n) is 0.568. The third kappa shape index (κ3) is 2.83. The summed E-state index contributed by atoms with van der Waals surface area (Å²) in [6.45, 7) is 1.68. The minimum Gasteiger partial charge on any atom is -0.209 e. The lowest BCUT2D eigenvalue weighted by Crippen LogP contribution is -2.05. The van der Waals surface area contributed by atoms with Crippen molar-refractivity contribution in [2.45, 2.75) is 17.8 Å². The van der Waals surface area contributed by atoms with Gasteiger partial charge in [0.1, 0.15) is 4.84 Å². The van der Waals surface area contributed by atoms with Crippen LogP contribution in [0.15, 0.2) is 5.11 Å². The molecule has 1 unspecified atom stereocenters. The molecular weight excluding hydrogens is 135 g/mol. The maximum absolute atomic E-state index is 6.40. The van der Waals surface area contributed by atoms with Crippen LogP contribution in [0, 0.1) is 5.53 Å². The van der Waals surface area contributed by atoms with Crippen LogP contribution >= 0.6 is 23.2 Å². The zero-order chi connectivity index (χ0) is 5.86. The minimum absolute atomic E-state index is 0.275. The van der Waals surface area contributed by atoms with Gasteiger partial charge in [-0.3, -0.25) is 0 Å². The number of hydrogen-bond donors (Lipinski definition) is 1. The topological polar surface area (TPSA) is 36.2 Å². The lowest BCUT2D eigenvalue weighted by molar-refractivity contribution is 0.727. The zero-order valence-electron chi connectivity index (χ0n) is 3.86. The largest absolute Gasteiger partial charge is 0.209 e. The van der Waals surface area contributed by atoms with Crippen LogP contribution in [0.4, 0.5) is 0 Å². The summed E-state index contributed by atoms with van der Waals surface area (Å²) in [5.41, 5.74) is 6.40. The first-order valence-corrected chi connectivity index (χ1v) is 2.70. The normalized spacial score (nSPS) is 14.3. The van der Waals surface area contributed by atoms with Crippen molar-refractivity contribution < 1.29 is 0 Å². The van der Waals surface area contributed by atoms with Gasteiger partial charge < -0.3 is 0 Å². The summed E-state index contributed by atoms with van der Waals surface area (Å²) in [6, 6.07) is -0.275. The second-order valence-corrected chi connectivity index (χ2v) is 2.37. The van der Waals surface area contributed by atoms with E-state index in [9.17, 15) is 0 Å². The van der Waals surface area contributed by atoms with Gasteiger partial charge in [-0.05, 0) is 6.92 Å². The van der Waals surface area contributed by atoms with Crippen LogP contribution in [0.3, 0.4) is 0 Å². The number of alkyl halides is 2. The van der Waals surface area contributed by atoms with Crippen LogP contribution < -0.4 is 0 Å². The van der Waals surface area contributed by atoms with Crippen LogP contribution in [0.1, 0.15) is 6.92 Å². The molecule has 0 heterocycles. The minimum atomic E-state index is -0.544. The van der Waals surface area contributed by atoms with Gasteiger partial charge in [-0.1, -0.05) is 0 Å². The molecule has 0 bridgehead atoms. The summed E-state index contributed by atoms with van der Waals surface area (Å²) in [5.74, 6) is 0. The van der Waals surface area contributed by atoms with Gasteiger partial charge in [-0.15, -0.1) is 23.2 Å². The van der Waals surface area contributed by atoms with E-state index >= 15 is 0 Å². The molecular formula is C3H6Cl2N2. The number of hydrogen-bond acceptors (Lipinski definition) is 2. The number of nitrogens with zero attached hydrogens (tertiary/aromatic N) is 1. The highest BCUT2D eigenvalue weighted by molar-refractivity contribution is 6.44. The highest BCUT2D eigenvalue weighted by Crippen LogP contribution is 2.09. The molecule has 4 heteroatoms. The fourth-order valence-electron chi connectivity index (χ4n) is 0.0563. The van der Waals surface area contributed by atoms with E-state index in [-0.39, 0.29) is 6.04 Å². The standard InChI is InChI=1S/C3H6Cl2N2/c1-2(7-6)3(4)5/h2-3,6H,1H3. The first kappa shape index (κ1) is 7.18. The maximum Gasteiger partial charge on any atom is 0.131 e. The molecule has 0 aromatic heterocycles. The second kappa shape index (κ2) is 3.22. The Morgan fingerprint density at radius 3 is 2.00 bits per heavy atom. The van der Waals surface area contributed by atoms with Gasteiger partial charge in [0, 0.05) is 0 Å². The molecule has 0 rings (SSSR count). The van der Waals surface area contributed by atoms with E-state index in [0.29, 0.717) is 0 Å². The SMILES string of the molecule is CC(N=N)C(Cl)Cl. The molecule has 0 aromatic carbocycles. The summed E-state index contributed by atoms with van der Waals surface area (Å²) in [4.78, 5) is -0.544. The predicted octanol–water partition coefficient (Wildman–Crippen LogP) is 2.21. The molecule has 0 aliphatic rings. The van der Waals surface area contributed by atoms with E-state index in [1.54, 1.807) is 6.92 Å². The summed E-state index contributed by atoms with van der Waals surface area (Å²) >= 11 is 10.6. The lowest BCUT2D eigenvalue weighted by Gasteiger charge is -2.00. The molecule has 1 N–H and O–H groups in total. The molecule has 1 atom stereocenters. The number of halogens is 2. The van der Waals surface area contributed by atoms with Crippen LogP contribution in [-0.2, 0) is 0 Å². The average molecular weight is 141 g/mol. The molecule has 0 spiro atoms. The van der Waals surface area contributed by atoms with Gasteiger partial charge in [0.25, 0.3) is 0 Å². The Bertz CT molecular complexity index is 64.0. The van der Waals surface area contributed by atoms with Crippen LogP contribution in [0.2, 0.25) is 0 Å². The van der Waals surface area contributed by atoms with Gasteiger partial charge in [0.2, 0.25) is 0 Å². The second-order valence-electron chi connectivity index (χ2n) is 1.20. The summed E-state index contributed by atoms with van der Waals surface area (Å²) < 4.78 is 0. The molecule has 7 heavy (non-hydrogen) atoms. The van der Waals surface area contributed by atoms with E-state index in [2.05, 4.69) is 5.11 Å². The van der Waals surface area contributed by atoms with E-state index in [4.69, 9.17) is 28.7 Å². The van der Waals surface area contributed by atoms with Gasteiger partial charge in [0.15, 0.2) is 0 Å². The first-order valence-electron chi connectivity index (χ1n) is 1.83. The van der Waals surface area contributed by atoms with Crippen LogP contribution in [0.5, 0.6) is 0 Å². The molecule has 0 aromatic rings. The van der Waals surface area contributed by atoms with E-state index in [0.717, 1.165) is 0 Å². The van der Waals surface area contributed by atoms with Gasteiger partial charge >= 0.3 is 0 Å². The molecule has 0 fully saturated rings. The van der Waals surface area contributed by atoms with E-state index in [1.807, 2.05) is 0 Å². The predicted molar refractivity (Wildman–Crippen MR) is 30.1 cm³/mol. The van der Waals surface area contributed by atoms with Crippen molar-refractivity contribution in [3.8, 4) is 0 Å². The highest BCUT2D eigenvalue weighted by Gasteiger charge is 2.06. The summed E-state index contributed by atoms with van der Waals surface area (Å²) in [7, 11) is 0. The molecule has 0 aliphatic heterocycles. The molecule has 0 radical (unpaired) electrons. The molecule has 0 saturated carbocycles. The molecule has 0 aliphatic carbocycles. The van der Waals surface area contributed by atoms with E-state index < -0.39 is 4.84 Å². The summed E-state index contributed by atoms with van der Waals surface area (Å²) in [5, 5.41) is 3.07. The molecule has 2 nitrogen and oxygen atoms in total. The first-order chi connectivity index (χ1) is 3.18. The van der Waals surface area contributed by atoms with Crippen LogP contribution in [-0.4, -0.2) is 10.9 Å². The highest BCUT2D eigenvalue weighted by atomic mass is 35.5. The Labute approximate surface area is 52.3 Å². The Kier molecular flexibility index (Phi) is 3.30. The fourth-order valence-corrected chi connectivity index (χ4v) is 0.169. The average Bonchev–Trinajstić information content (AvgIpc) is 1.65.